The highest BCUT2D eigenvalue weighted by atomic mass is 35.5. The maximum atomic E-state index is 13.0. The Morgan fingerprint density at radius 1 is 0.848 bits per heavy atom. The number of hydrogen-bond acceptors (Lipinski definition) is 7. The van der Waals surface area contributed by atoms with Gasteiger partial charge in [0.15, 0.2) is 11.6 Å². The zero-order valence-corrected chi connectivity index (χ0v) is 19.7. The van der Waals surface area contributed by atoms with Crippen LogP contribution < -0.4 is 19.5 Å². The van der Waals surface area contributed by atoms with E-state index in [1.165, 1.54) is 26.4 Å². The fourth-order valence-corrected chi connectivity index (χ4v) is 4.40. The number of sulfonamides is 1. The molecule has 170 valence electrons. The second-order valence-electron chi connectivity index (χ2n) is 7.14. The molecule has 0 unspecified atom stereocenters. The Hall–Kier alpha value is -3.56. The van der Waals surface area contributed by atoms with Gasteiger partial charge < -0.3 is 14.8 Å². The Balaban J connectivity index is 1.81. The molecule has 0 aliphatic heterocycles. The zero-order valence-electron chi connectivity index (χ0n) is 18.1. The van der Waals surface area contributed by atoms with E-state index >= 15 is 0 Å². The van der Waals surface area contributed by atoms with E-state index in [2.05, 4.69) is 20.0 Å². The van der Waals surface area contributed by atoms with Crippen molar-refractivity contribution in [3.8, 4) is 11.5 Å². The van der Waals surface area contributed by atoms with Crippen molar-refractivity contribution in [2.45, 2.75) is 11.8 Å². The molecule has 33 heavy (non-hydrogen) atoms. The van der Waals surface area contributed by atoms with Crippen molar-refractivity contribution in [1.29, 1.82) is 0 Å². The van der Waals surface area contributed by atoms with Crippen LogP contribution in [0.2, 0.25) is 5.02 Å². The van der Waals surface area contributed by atoms with E-state index < -0.39 is 10.0 Å². The van der Waals surface area contributed by atoms with Gasteiger partial charge in [0.25, 0.3) is 10.0 Å². The molecule has 3 aromatic carbocycles. The number of nitrogens with zero attached hydrogens (tertiary/aromatic N) is 2. The third kappa shape index (κ3) is 4.79. The molecule has 0 saturated carbocycles. The highest BCUT2D eigenvalue weighted by Gasteiger charge is 2.20. The van der Waals surface area contributed by atoms with Crippen LogP contribution in [0, 0.1) is 6.92 Å². The third-order valence-corrected chi connectivity index (χ3v) is 6.51. The number of benzene rings is 3. The number of hydrogen-bond donors (Lipinski definition) is 2. The van der Waals surface area contributed by atoms with E-state index in [0.29, 0.717) is 33.2 Å². The molecule has 0 spiro atoms. The number of aromatic nitrogens is 2. The van der Waals surface area contributed by atoms with Crippen LogP contribution in [-0.4, -0.2) is 32.6 Å². The standard InChI is InChI=1S/C23H21ClN4O4S/c1-14-8-10-15(11-9-14)33(29,30)28-23-22(25-17-6-4-5-7-18(17)26-23)27-19-12-16(24)20(31-2)13-21(19)32-3/h4-13H,1-3H3,(H,25,27)(H,26,28). The van der Waals surface area contributed by atoms with Gasteiger partial charge >= 0.3 is 0 Å². The lowest BCUT2D eigenvalue weighted by Gasteiger charge is -2.16. The Kier molecular flexibility index (Phi) is 6.26. The first kappa shape index (κ1) is 22.6. The molecule has 0 saturated heterocycles. The van der Waals surface area contributed by atoms with Crippen LogP contribution in [0.15, 0.2) is 65.6 Å². The summed E-state index contributed by atoms with van der Waals surface area (Å²) in [5.74, 6) is 1.08. The molecule has 8 nitrogen and oxygen atoms in total. The molecule has 0 bridgehead atoms. The van der Waals surface area contributed by atoms with E-state index in [9.17, 15) is 8.42 Å². The van der Waals surface area contributed by atoms with Gasteiger partial charge in [-0.15, -0.1) is 0 Å². The zero-order chi connectivity index (χ0) is 23.6. The summed E-state index contributed by atoms with van der Waals surface area (Å²) in [6.07, 6.45) is 0. The number of aryl methyl sites for hydroxylation is 1. The van der Waals surface area contributed by atoms with Gasteiger partial charge in [-0.3, -0.25) is 4.72 Å². The molecule has 0 amide bonds. The van der Waals surface area contributed by atoms with Crippen LogP contribution in [0.25, 0.3) is 11.0 Å². The maximum Gasteiger partial charge on any atom is 0.263 e. The average Bonchev–Trinajstić information content (AvgIpc) is 2.79. The third-order valence-electron chi connectivity index (χ3n) is 4.86. The summed E-state index contributed by atoms with van der Waals surface area (Å²) in [6, 6.07) is 16.9. The highest BCUT2D eigenvalue weighted by molar-refractivity contribution is 7.92. The number of halogens is 1. The van der Waals surface area contributed by atoms with E-state index in [-0.39, 0.29) is 16.5 Å². The summed E-state index contributed by atoms with van der Waals surface area (Å²) in [4.78, 5) is 9.19. The molecule has 0 fully saturated rings. The van der Waals surface area contributed by atoms with E-state index in [1.54, 1.807) is 42.5 Å². The molecule has 1 heterocycles. The smallest absolute Gasteiger partial charge is 0.263 e. The van der Waals surface area contributed by atoms with Crippen LogP contribution in [0.5, 0.6) is 11.5 Å². The Morgan fingerprint density at radius 3 is 2.06 bits per heavy atom. The van der Waals surface area contributed by atoms with Crippen molar-refractivity contribution in [3.63, 3.8) is 0 Å². The first-order valence-electron chi connectivity index (χ1n) is 9.85. The van der Waals surface area contributed by atoms with Gasteiger partial charge in [-0.05, 0) is 37.3 Å². The molecule has 2 N–H and O–H groups in total. The summed E-state index contributed by atoms with van der Waals surface area (Å²) in [7, 11) is -0.916. The summed E-state index contributed by atoms with van der Waals surface area (Å²) in [5.41, 5.74) is 2.52. The Morgan fingerprint density at radius 2 is 1.45 bits per heavy atom. The van der Waals surface area contributed by atoms with Crippen molar-refractivity contribution in [2.75, 3.05) is 24.3 Å². The monoisotopic (exact) mass is 484 g/mol. The second kappa shape index (κ2) is 9.13. The second-order valence-corrected chi connectivity index (χ2v) is 9.23. The van der Waals surface area contributed by atoms with E-state index in [0.717, 1.165) is 5.56 Å². The topological polar surface area (TPSA) is 102 Å². The lowest BCUT2D eigenvalue weighted by atomic mass is 10.2. The fraction of sp³-hybridized carbons (Fsp3) is 0.130. The minimum absolute atomic E-state index is 0.0308. The Bertz CT molecular complexity index is 1430. The molecule has 4 aromatic rings. The van der Waals surface area contributed by atoms with E-state index in [4.69, 9.17) is 21.1 Å². The van der Waals surface area contributed by atoms with Crippen LogP contribution in [-0.2, 0) is 10.0 Å². The van der Waals surface area contributed by atoms with Gasteiger partial charge in [-0.2, -0.15) is 0 Å². The van der Waals surface area contributed by atoms with Gasteiger partial charge in [0.05, 0.1) is 40.9 Å². The largest absolute Gasteiger partial charge is 0.495 e. The Labute approximate surface area is 196 Å². The van der Waals surface area contributed by atoms with Gasteiger partial charge in [0.1, 0.15) is 11.5 Å². The van der Waals surface area contributed by atoms with Crippen molar-refractivity contribution >= 4 is 50.0 Å². The number of fused-ring (bicyclic) bond motifs is 1. The van der Waals surface area contributed by atoms with E-state index in [1.807, 2.05) is 13.0 Å². The summed E-state index contributed by atoms with van der Waals surface area (Å²) < 4.78 is 39.3. The minimum atomic E-state index is -3.92. The molecular weight excluding hydrogens is 464 g/mol. The number of nitrogens with one attached hydrogen (secondary N) is 2. The normalized spacial score (nSPS) is 11.3. The predicted molar refractivity (Wildman–Crippen MR) is 129 cm³/mol. The first-order valence-corrected chi connectivity index (χ1v) is 11.7. The summed E-state index contributed by atoms with van der Waals surface area (Å²) in [6.45, 7) is 1.88. The lowest BCUT2D eigenvalue weighted by Crippen LogP contribution is -2.16. The number of anilines is 3. The number of para-hydroxylation sites is 2. The van der Waals surface area contributed by atoms with Crippen molar-refractivity contribution in [1.82, 2.24) is 9.97 Å². The average molecular weight is 485 g/mol. The molecule has 10 heteroatoms. The first-order chi connectivity index (χ1) is 15.8. The predicted octanol–water partition coefficient (Wildman–Crippen LogP) is 5.15. The quantitative estimate of drug-likeness (QED) is 0.373. The number of ether oxygens (including phenoxy) is 2. The van der Waals surface area contributed by atoms with Crippen LogP contribution in [0.4, 0.5) is 17.3 Å². The van der Waals surface area contributed by atoms with Crippen LogP contribution >= 0.6 is 11.6 Å². The molecule has 0 aliphatic rings. The summed E-state index contributed by atoms with van der Waals surface area (Å²) in [5, 5.41) is 3.44. The van der Waals surface area contributed by atoms with Crippen molar-refractivity contribution in [2.24, 2.45) is 0 Å². The molecule has 1 aromatic heterocycles. The van der Waals surface area contributed by atoms with Crippen molar-refractivity contribution < 1.29 is 17.9 Å². The molecule has 0 radical (unpaired) electrons. The lowest BCUT2D eigenvalue weighted by molar-refractivity contribution is 0.396. The molecule has 4 rings (SSSR count). The summed E-state index contributed by atoms with van der Waals surface area (Å²) >= 11 is 6.29. The number of rotatable bonds is 7. The minimum Gasteiger partial charge on any atom is -0.495 e. The maximum absolute atomic E-state index is 13.0. The number of methoxy groups -OCH3 is 2. The van der Waals surface area contributed by atoms with Gasteiger partial charge in [-0.1, -0.05) is 41.4 Å². The molecular formula is C23H21ClN4O4S. The van der Waals surface area contributed by atoms with Crippen LogP contribution in [0.3, 0.4) is 0 Å². The SMILES string of the molecule is COc1cc(OC)c(Nc2nc3ccccc3nc2NS(=O)(=O)c2ccc(C)cc2)cc1Cl. The van der Waals surface area contributed by atoms with Gasteiger partial charge in [0, 0.05) is 6.07 Å². The van der Waals surface area contributed by atoms with Crippen LogP contribution in [0.1, 0.15) is 5.56 Å². The van der Waals surface area contributed by atoms with Gasteiger partial charge in [0.2, 0.25) is 0 Å². The molecule has 0 atom stereocenters. The van der Waals surface area contributed by atoms with Crippen molar-refractivity contribution in [3.05, 3.63) is 71.2 Å². The fourth-order valence-electron chi connectivity index (χ4n) is 3.15. The highest BCUT2D eigenvalue weighted by Crippen LogP contribution is 2.38. The van der Waals surface area contributed by atoms with Gasteiger partial charge in [-0.25, -0.2) is 18.4 Å². The molecule has 0 aliphatic carbocycles.